The molecule has 2 aromatic heterocycles. The Kier molecular flexibility index (Phi) is 1.26. The molecule has 3 N–H and O–H groups in total. The number of hydrogen-bond donors (Lipinski definition) is 3. The number of anilines is 2. The lowest BCUT2D eigenvalue weighted by Gasteiger charge is -1.91. The number of H-pyrrole nitrogens is 2. The third-order valence-electron chi connectivity index (χ3n) is 1.10. The highest BCUT2D eigenvalue weighted by atomic mass is 15.5. The second-order valence-electron chi connectivity index (χ2n) is 1.85. The molecule has 0 bridgehead atoms. The van der Waals surface area contributed by atoms with Crippen LogP contribution in [0.4, 0.5) is 11.6 Å². The highest BCUT2D eigenvalue weighted by Crippen LogP contribution is 2.06. The normalized spacial score (nSPS) is 9.82. The van der Waals surface area contributed by atoms with Gasteiger partial charge in [0.1, 0.15) is 0 Å². The number of tetrazole rings is 1. The van der Waals surface area contributed by atoms with E-state index in [1.54, 1.807) is 12.4 Å². The molecule has 0 saturated carbocycles. The number of nitrogens with zero attached hydrogens (tertiary/aromatic N) is 4. The van der Waals surface area contributed by atoms with Gasteiger partial charge in [-0.25, -0.2) is 0 Å². The maximum absolute atomic E-state index is 3.73. The minimum atomic E-state index is 0.423. The van der Waals surface area contributed by atoms with Gasteiger partial charge in [0.2, 0.25) is 0 Å². The lowest BCUT2D eigenvalue weighted by Crippen LogP contribution is -1.89. The van der Waals surface area contributed by atoms with Gasteiger partial charge in [-0.1, -0.05) is 5.10 Å². The van der Waals surface area contributed by atoms with Gasteiger partial charge in [-0.2, -0.15) is 10.3 Å². The number of rotatable bonds is 2. The van der Waals surface area contributed by atoms with Crippen molar-refractivity contribution in [2.24, 2.45) is 0 Å². The monoisotopic (exact) mass is 151 g/mol. The van der Waals surface area contributed by atoms with E-state index in [4.69, 9.17) is 0 Å². The van der Waals surface area contributed by atoms with Crippen LogP contribution in [-0.4, -0.2) is 30.8 Å². The molecular weight excluding hydrogens is 146 g/mol. The van der Waals surface area contributed by atoms with Gasteiger partial charge in [0.05, 0.1) is 11.9 Å². The van der Waals surface area contributed by atoms with Crippen LogP contribution in [0, 0.1) is 0 Å². The van der Waals surface area contributed by atoms with Gasteiger partial charge in [-0.15, -0.1) is 5.10 Å². The average Bonchev–Trinajstić information content (AvgIpc) is 2.60. The van der Waals surface area contributed by atoms with Gasteiger partial charge in [0.15, 0.2) is 0 Å². The first-order valence-electron chi connectivity index (χ1n) is 2.94. The molecule has 11 heavy (non-hydrogen) atoms. The summed E-state index contributed by atoms with van der Waals surface area (Å²) in [4.78, 5) is 0. The zero-order valence-corrected chi connectivity index (χ0v) is 5.44. The van der Waals surface area contributed by atoms with E-state index >= 15 is 0 Å². The first kappa shape index (κ1) is 5.83. The van der Waals surface area contributed by atoms with E-state index in [1.807, 2.05) is 0 Å². The minimum absolute atomic E-state index is 0.423. The fourth-order valence-corrected chi connectivity index (χ4v) is 0.663. The molecule has 0 aliphatic heterocycles. The highest BCUT2D eigenvalue weighted by molar-refractivity contribution is 5.48. The summed E-state index contributed by atoms with van der Waals surface area (Å²) in [6.07, 6.45) is 3.31. The summed E-state index contributed by atoms with van der Waals surface area (Å²) < 4.78 is 0. The Bertz CT molecular complexity index is 263. The third-order valence-corrected chi connectivity index (χ3v) is 1.10. The summed E-state index contributed by atoms with van der Waals surface area (Å²) in [5.41, 5.74) is 0.798. The third kappa shape index (κ3) is 1.16. The smallest absolute Gasteiger partial charge is 0.267 e. The first-order valence-corrected chi connectivity index (χ1v) is 2.94. The number of aromatic amines is 2. The van der Waals surface area contributed by atoms with Crippen molar-refractivity contribution in [1.82, 2.24) is 30.8 Å². The molecule has 7 nitrogen and oxygen atoms in total. The molecule has 7 heteroatoms. The molecule has 0 aliphatic carbocycles. The molecule has 2 heterocycles. The fraction of sp³-hybridized carbons (Fsp3) is 0. The van der Waals surface area contributed by atoms with E-state index in [0.29, 0.717) is 5.95 Å². The molecule has 0 amide bonds. The number of nitrogens with one attached hydrogen (secondary N) is 3. The molecule has 2 rings (SSSR count). The molecule has 56 valence electrons. The van der Waals surface area contributed by atoms with Crippen molar-refractivity contribution in [3.05, 3.63) is 12.4 Å². The first-order chi connectivity index (χ1) is 5.45. The second kappa shape index (κ2) is 2.37. The maximum Gasteiger partial charge on any atom is 0.267 e. The van der Waals surface area contributed by atoms with Gasteiger partial charge >= 0.3 is 0 Å². The average molecular weight is 151 g/mol. The second-order valence-corrected chi connectivity index (χ2v) is 1.85. The van der Waals surface area contributed by atoms with Crippen molar-refractivity contribution in [1.29, 1.82) is 0 Å². The summed E-state index contributed by atoms with van der Waals surface area (Å²) >= 11 is 0. The number of aromatic nitrogens is 6. The van der Waals surface area contributed by atoms with Crippen molar-refractivity contribution in [3.63, 3.8) is 0 Å². The van der Waals surface area contributed by atoms with Crippen molar-refractivity contribution in [2.45, 2.75) is 0 Å². The molecule has 0 fully saturated rings. The summed E-state index contributed by atoms with van der Waals surface area (Å²) in [5.74, 6) is 0.423. The van der Waals surface area contributed by atoms with E-state index in [9.17, 15) is 0 Å². The largest absolute Gasteiger partial charge is 0.319 e. The molecule has 0 aromatic carbocycles. The zero-order valence-electron chi connectivity index (χ0n) is 5.44. The van der Waals surface area contributed by atoms with Gasteiger partial charge in [0.25, 0.3) is 5.95 Å². The summed E-state index contributed by atoms with van der Waals surface area (Å²) in [6, 6.07) is 0. The van der Waals surface area contributed by atoms with Gasteiger partial charge in [0, 0.05) is 6.20 Å². The molecule has 0 spiro atoms. The summed E-state index contributed by atoms with van der Waals surface area (Å²) in [7, 11) is 0. The molecule has 0 atom stereocenters. The van der Waals surface area contributed by atoms with Crippen LogP contribution in [0.5, 0.6) is 0 Å². The fourth-order valence-electron chi connectivity index (χ4n) is 0.663. The van der Waals surface area contributed by atoms with Crippen molar-refractivity contribution >= 4 is 11.6 Å². The van der Waals surface area contributed by atoms with Crippen molar-refractivity contribution in [2.75, 3.05) is 5.32 Å². The van der Waals surface area contributed by atoms with Crippen molar-refractivity contribution in [3.8, 4) is 0 Å². The summed E-state index contributed by atoms with van der Waals surface area (Å²) in [6.45, 7) is 0. The molecule has 2 aromatic rings. The van der Waals surface area contributed by atoms with Gasteiger partial charge in [-0.3, -0.25) is 5.10 Å². The van der Waals surface area contributed by atoms with Crippen LogP contribution in [0.2, 0.25) is 0 Å². The molecule has 0 saturated heterocycles. The predicted octanol–water partition coefficient (Wildman–Crippen LogP) is -0.334. The van der Waals surface area contributed by atoms with Crippen LogP contribution in [0.3, 0.4) is 0 Å². The lowest BCUT2D eigenvalue weighted by atomic mass is 10.6. The molecule has 0 aliphatic rings. The van der Waals surface area contributed by atoms with Crippen LogP contribution in [0.15, 0.2) is 12.4 Å². The van der Waals surface area contributed by atoms with E-state index < -0.39 is 0 Å². The zero-order chi connectivity index (χ0) is 7.52. The van der Waals surface area contributed by atoms with E-state index in [2.05, 4.69) is 36.1 Å². The van der Waals surface area contributed by atoms with Gasteiger partial charge in [-0.05, 0) is 5.21 Å². The topological polar surface area (TPSA) is 95.2 Å². The Morgan fingerprint density at radius 2 is 2.45 bits per heavy atom. The predicted molar refractivity (Wildman–Crippen MR) is 36.0 cm³/mol. The Balaban J connectivity index is 2.14. The Hall–Kier alpha value is -1.92. The summed E-state index contributed by atoms with van der Waals surface area (Å²) in [5, 5.41) is 22.3. The standard InChI is InChI=1S/C4H5N7/c1-3(2-6-5-1)7-4-8-10-11-9-4/h1-2H,(H,5,6)(H2,7,8,9,10,11). The maximum atomic E-state index is 3.73. The molecular formula is C4H5N7. The van der Waals surface area contributed by atoms with Gasteiger partial charge < -0.3 is 5.32 Å². The van der Waals surface area contributed by atoms with E-state index in [1.165, 1.54) is 0 Å². The van der Waals surface area contributed by atoms with E-state index in [-0.39, 0.29) is 0 Å². The highest BCUT2D eigenvalue weighted by Gasteiger charge is 1.97. The van der Waals surface area contributed by atoms with Crippen molar-refractivity contribution < 1.29 is 0 Å². The van der Waals surface area contributed by atoms with Crippen LogP contribution < -0.4 is 5.32 Å². The number of hydrogen-bond acceptors (Lipinski definition) is 5. The lowest BCUT2D eigenvalue weighted by molar-refractivity contribution is 0.881. The van der Waals surface area contributed by atoms with E-state index in [0.717, 1.165) is 5.69 Å². The quantitative estimate of drug-likeness (QED) is 0.546. The van der Waals surface area contributed by atoms with Crippen LogP contribution in [-0.2, 0) is 0 Å². The minimum Gasteiger partial charge on any atom is -0.319 e. The molecule has 0 unspecified atom stereocenters. The Labute approximate surface area is 61.2 Å². The van der Waals surface area contributed by atoms with Crippen LogP contribution in [0.25, 0.3) is 0 Å². The Morgan fingerprint density at radius 3 is 3.09 bits per heavy atom. The Morgan fingerprint density at radius 1 is 1.45 bits per heavy atom. The molecule has 0 radical (unpaired) electrons. The van der Waals surface area contributed by atoms with Crippen LogP contribution >= 0.6 is 0 Å². The van der Waals surface area contributed by atoms with Crippen LogP contribution in [0.1, 0.15) is 0 Å². The SMILES string of the molecule is c1n[nH]cc1Nc1nn[nH]n1.